The number of hydrogen-bond donors (Lipinski definition) is 0. The Morgan fingerprint density at radius 3 is 2.88 bits per heavy atom. The Labute approximate surface area is 151 Å². The average molecular weight is 346 g/mol. The highest BCUT2D eigenvalue weighted by molar-refractivity contribution is 5.72. The molecule has 0 radical (unpaired) electrons. The molecule has 5 nitrogen and oxygen atoms in total. The summed E-state index contributed by atoms with van der Waals surface area (Å²) in [6.45, 7) is 0.693. The topological polar surface area (TPSA) is 53.5 Å². The number of nitrogens with zero attached hydrogens (tertiary/aromatic N) is 2. The maximum Gasteiger partial charge on any atom is 0.231 e. The van der Waals surface area contributed by atoms with Crippen molar-refractivity contribution in [2.75, 3.05) is 6.79 Å². The van der Waals surface area contributed by atoms with Gasteiger partial charge in [0, 0.05) is 18.0 Å². The summed E-state index contributed by atoms with van der Waals surface area (Å²) >= 11 is 0. The number of aromatic nitrogens is 2. The quantitative estimate of drug-likeness (QED) is 0.716. The molecule has 2 aliphatic rings. The number of pyridine rings is 2. The number of benzene rings is 1. The van der Waals surface area contributed by atoms with Crippen molar-refractivity contribution in [3.8, 4) is 28.5 Å². The molecule has 0 spiro atoms. The fourth-order valence-electron chi connectivity index (χ4n) is 3.54. The highest BCUT2D eigenvalue weighted by Gasteiger charge is 2.21. The molecule has 0 amide bonds. The van der Waals surface area contributed by atoms with Crippen LogP contribution >= 0.6 is 0 Å². The summed E-state index contributed by atoms with van der Waals surface area (Å²) in [4.78, 5) is 9.02. The van der Waals surface area contributed by atoms with Gasteiger partial charge in [0.1, 0.15) is 6.61 Å². The van der Waals surface area contributed by atoms with E-state index >= 15 is 0 Å². The SMILES string of the molecule is c1ccc(COc2cc(-c3ccc4c(c3)OCO4)c3c(n2)CCC3)nc1. The predicted octanol–water partition coefficient (Wildman–Crippen LogP) is 3.94. The molecule has 26 heavy (non-hydrogen) atoms. The second kappa shape index (κ2) is 6.33. The van der Waals surface area contributed by atoms with E-state index in [9.17, 15) is 0 Å². The molecule has 3 heterocycles. The van der Waals surface area contributed by atoms with Crippen LogP contribution in [-0.2, 0) is 19.4 Å². The maximum atomic E-state index is 5.94. The zero-order valence-electron chi connectivity index (χ0n) is 14.3. The molecule has 1 aliphatic heterocycles. The standard InChI is InChI=1S/C21H18N2O3/c1-2-9-22-15(4-1)12-24-21-11-17(16-5-3-6-18(16)23-21)14-7-8-19-20(10-14)26-13-25-19/h1-2,4,7-11H,3,5-6,12-13H2. The van der Waals surface area contributed by atoms with E-state index in [0.29, 0.717) is 12.5 Å². The minimum atomic E-state index is 0.283. The second-order valence-corrected chi connectivity index (χ2v) is 6.46. The van der Waals surface area contributed by atoms with E-state index in [2.05, 4.69) is 11.1 Å². The molecular formula is C21H18N2O3. The van der Waals surface area contributed by atoms with Gasteiger partial charge in [-0.2, -0.15) is 0 Å². The van der Waals surface area contributed by atoms with Crippen molar-refractivity contribution < 1.29 is 14.2 Å². The lowest BCUT2D eigenvalue weighted by Crippen LogP contribution is -2.02. The van der Waals surface area contributed by atoms with Crippen molar-refractivity contribution in [2.24, 2.45) is 0 Å². The van der Waals surface area contributed by atoms with Gasteiger partial charge in [-0.3, -0.25) is 4.98 Å². The van der Waals surface area contributed by atoms with Crippen LogP contribution in [0.3, 0.4) is 0 Å². The lowest BCUT2D eigenvalue weighted by Gasteiger charge is -2.13. The van der Waals surface area contributed by atoms with E-state index in [1.54, 1.807) is 6.20 Å². The van der Waals surface area contributed by atoms with Crippen molar-refractivity contribution in [1.82, 2.24) is 9.97 Å². The molecule has 5 heteroatoms. The van der Waals surface area contributed by atoms with Gasteiger partial charge in [0.05, 0.1) is 5.69 Å². The molecule has 0 unspecified atom stereocenters. The van der Waals surface area contributed by atoms with E-state index in [-0.39, 0.29) is 6.79 Å². The van der Waals surface area contributed by atoms with Gasteiger partial charge in [0.2, 0.25) is 12.7 Å². The number of hydrogen-bond acceptors (Lipinski definition) is 5. The fraction of sp³-hybridized carbons (Fsp3) is 0.238. The molecule has 0 bridgehead atoms. The van der Waals surface area contributed by atoms with Crippen molar-refractivity contribution >= 4 is 0 Å². The molecule has 0 saturated heterocycles. The van der Waals surface area contributed by atoms with Crippen LogP contribution in [0.25, 0.3) is 11.1 Å². The van der Waals surface area contributed by atoms with Crippen molar-refractivity contribution in [3.63, 3.8) is 0 Å². The first kappa shape index (κ1) is 15.2. The van der Waals surface area contributed by atoms with E-state index in [4.69, 9.17) is 19.2 Å². The Hall–Kier alpha value is -3.08. The normalized spacial score (nSPS) is 14.3. The molecular weight excluding hydrogens is 328 g/mol. The lowest BCUT2D eigenvalue weighted by molar-refractivity contribution is 0.174. The minimum absolute atomic E-state index is 0.283. The van der Waals surface area contributed by atoms with Crippen LogP contribution < -0.4 is 14.2 Å². The first-order valence-electron chi connectivity index (χ1n) is 8.82. The summed E-state index contributed by atoms with van der Waals surface area (Å²) in [5.41, 5.74) is 5.61. The van der Waals surface area contributed by atoms with Crippen LogP contribution in [-0.4, -0.2) is 16.8 Å². The third-order valence-electron chi connectivity index (χ3n) is 4.80. The van der Waals surface area contributed by atoms with E-state index < -0.39 is 0 Å². The smallest absolute Gasteiger partial charge is 0.231 e. The van der Waals surface area contributed by atoms with E-state index in [0.717, 1.165) is 47.7 Å². The van der Waals surface area contributed by atoms with Crippen LogP contribution in [0, 0.1) is 0 Å². The summed E-state index contributed by atoms with van der Waals surface area (Å²) in [6, 6.07) is 13.9. The van der Waals surface area contributed by atoms with Crippen molar-refractivity contribution in [1.29, 1.82) is 0 Å². The first-order chi connectivity index (χ1) is 12.9. The van der Waals surface area contributed by atoms with Gasteiger partial charge in [-0.25, -0.2) is 4.98 Å². The molecule has 5 rings (SSSR count). The van der Waals surface area contributed by atoms with Crippen LogP contribution in [0.2, 0.25) is 0 Å². The maximum absolute atomic E-state index is 5.94. The fourth-order valence-corrected chi connectivity index (χ4v) is 3.54. The van der Waals surface area contributed by atoms with Crippen molar-refractivity contribution in [2.45, 2.75) is 25.9 Å². The van der Waals surface area contributed by atoms with Gasteiger partial charge in [-0.1, -0.05) is 12.1 Å². The Morgan fingerprint density at radius 2 is 1.96 bits per heavy atom. The van der Waals surface area contributed by atoms with Crippen LogP contribution in [0.5, 0.6) is 17.4 Å². The van der Waals surface area contributed by atoms with E-state index in [1.807, 2.05) is 36.4 Å². The van der Waals surface area contributed by atoms with Gasteiger partial charge in [0.25, 0.3) is 0 Å². The number of aryl methyl sites for hydroxylation is 1. The first-order valence-corrected chi connectivity index (χ1v) is 8.82. The number of ether oxygens (including phenoxy) is 3. The van der Waals surface area contributed by atoms with E-state index in [1.165, 1.54) is 11.1 Å². The lowest BCUT2D eigenvalue weighted by atomic mass is 9.99. The van der Waals surface area contributed by atoms with Gasteiger partial charge < -0.3 is 14.2 Å². The number of fused-ring (bicyclic) bond motifs is 2. The predicted molar refractivity (Wildman–Crippen MR) is 96.4 cm³/mol. The largest absolute Gasteiger partial charge is 0.471 e. The van der Waals surface area contributed by atoms with Crippen molar-refractivity contribution in [3.05, 3.63) is 65.6 Å². The Morgan fingerprint density at radius 1 is 1.00 bits per heavy atom. The highest BCUT2D eigenvalue weighted by atomic mass is 16.7. The van der Waals surface area contributed by atoms with Crippen LogP contribution in [0.4, 0.5) is 0 Å². The molecule has 0 N–H and O–H groups in total. The Bertz CT molecular complexity index is 957. The molecule has 0 fully saturated rings. The molecule has 0 atom stereocenters. The van der Waals surface area contributed by atoms with Gasteiger partial charge in [0.15, 0.2) is 11.5 Å². The zero-order chi connectivity index (χ0) is 17.3. The number of rotatable bonds is 4. The van der Waals surface area contributed by atoms with Gasteiger partial charge in [-0.05, 0) is 60.2 Å². The molecule has 0 saturated carbocycles. The summed E-state index contributed by atoms with van der Waals surface area (Å²) < 4.78 is 16.9. The summed E-state index contributed by atoms with van der Waals surface area (Å²) in [5, 5.41) is 0. The Balaban J connectivity index is 1.50. The molecule has 1 aromatic carbocycles. The highest BCUT2D eigenvalue weighted by Crippen LogP contribution is 2.39. The van der Waals surface area contributed by atoms with Crippen LogP contribution in [0.1, 0.15) is 23.4 Å². The average Bonchev–Trinajstić information content (AvgIpc) is 3.35. The minimum Gasteiger partial charge on any atom is -0.471 e. The Kier molecular flexibility index (Phi) is 3.70. The second-order valence-electron chi connectivity index (χ2n) is 6.46. The molecule has 2 aromatic heterocycles. The van der Waals surface area contributed by atoms with Gasteiger partial charge >= 0.3 is 0 Å². The monoisotopic (exact) mass is 346 g/mol. The third-order valence-corrected chi connectivity index (χ3v) is 4.80. The zero-order valence-corrected chi connectivity index (χ0v) is 14.3. The molecule has 3 aromatic rings. The molecule has 130 valence electrons. The summed E-state index contributed by atoms with van der Waals surface area (Å²) in [7, 11) is 0. The summed E-state index contributed by atoms with van der Waals surface area (Å²) in [5.74, 6) is 2.23. The summed E-state index contributed by atoms with van der Waals surface area (Å²) in [6.07, 6.45) is 4.94. The molecule has 1 aliphatic carbocycles. The van der Waals surface area contributed by atoms with Crippen LogP contribution in [0.15, 0.2) is 48.7 Å². The third kappa shape index (κ3) is 2.75. The van der Waals surface area contributed by atoms with Gasteiger partial charge in [-0.15, -0.1) is 0 Å².